The highest BCUT2D eigenvalue weighted by molar-refractivity contribution is 6.35. The molecular weight excluding hydrogens is 284 g/mol. The van der Waals surface area contributed by atoms with Crippen LogP contribution >= 0.6 is 11.6 Å². The summed E-state index contributed by atoms with van der Waals surface area (Å²) >= 11 is 6.28. The Bertz CT molecular complexity index is 951. The number of fused-ring (bicyclic) bond motifs is 2. The number of rotatable bonds is 2. The van der Waals surface area contributed by atoms with E-state index in [9.17, 15) is 0 Å². The molecule has 21 heavy (non-hydrogen) atoms. The van der Waals surface area contributed by atoms with Crippen LogP contribution in [0.25, 0.3) is 21.9 Å². The van der Waals surface area contributed by atoms with E-state index in [1.165, 1.54) is 5.56 Å². The smallest absolute Gasteiger partial charge is 0.205 e. The summed E-state index contributed by atoms with van der Waals surface area (Å²) in [6.07, 6.45) is 1.88. The second-order valence-electron chi connectivity index (χ2n) is 5.13. The summed E-state index contributed by atoms with van der Waals surface area (Å²) in [5, 5.41) is 4.99. The fourth-order valence-electron chi connectivity index (χ4n) is 2.51. The first kappa shape index (κ1) is 12.3. The van der Waals surface area contributed by atoms with Gasteiger partial charge in [-0.3, -0.25) is 0 Å². The highest BCUT2D eigenvalue weighted by Crippen LogP contribution is 2.28. The van der Waals surface area contributed by atoms with Gasteiger partial charge in [0.1, 0.15) is 0 Å². The number of halogens is 1. The van der Waals surface area contributed by atoms with E-state index in [0.29, 0.717) is 11.0 Å². The molecule has 0 aliphatic carbocycles. The number of hydrogen-bond acceptors (Lipinski definition) is 2. The first-order chi connectivity index (χ1) is 10.2. The summed E-state index contributed by atoms with van der Waals surface area (Å²) < 4.78 is 0. The largest absolute Gasteiger partial charge is 0.361 e. The Morgan fingerprint density at radius 3 is 2.90 bits per heavy atom. The average molecular weight is 297 g/mol. The van der Waals surface area contributed by atoms with Gasteiger partial charge < -0.3 is 15.3 Å². The van der Waals surface area contributed by atoms with Crippen molar-refractivity contribution < 1.29 is 0 Å². The summed E-state index contributed by atoms with van der Waals surface area (Å²) in [6.45, 7) is 2.06. The topological polar surface area (TPSA) is 56.5 Å². The van der Waals surface area contributed by atoms with E-state index >= 15 is 0 Å². The maximum Gasteiger partial charge on any atom is 0.205 e. The Morgan fingerprint density at radius 2 is 2.00 bits per heavy atom. The molecule has 0 bridgehead atoms. The Morgan fingerprint density at radius 1 is 1.10 bits per heavy atom. The summed E-state index contributed by atoms with van der Waals surface area (Å²) in [5.74, 6) is 0.706. The van der Waals surface area contributed by atoms with Crippen molar-refractivity contribution in [2.24, 2.45) is 0 Å². The monoisotopic (exact) mass is 296 g/mol. The molecule has 4 nitrogen and oxygen atoms in total. The number of aryl methyl sites for hydroxylation is 1. The SMILES string of the molecule is Cc1ccc2nc(Nc3cc(Cl)c4cc[nH]c4c3)[nH]c2c1. The van der Waals surface area contributed by atoms with Gasteiger partial charge >= 0.3 is 0 Å². The van der Waals surface area contributed by atoms with Crippen LogP contribution in [0.5, 0.6) is 0 Å². The molecule has 0 saturated carbocycles. The standard InChI is InChI=1S/C16H13ClN4/c1-9-2-3-13-15(6-9)21-16(20-13)19-10-7-12(17)11-4-5-18-14(11)8-10/h2-8,18H,1H3,(H2,19,20,21). The molecule has 0 radical (unpaired) electrons. The Hall–Kier alpha value is -2.46. The second-order valence-corrected chi connectivity index (χ2v) is 5.54. The van der Waals surface area contributed by atoms with Crippen LogP contribution in [0.2, 0.25) is 5.02 Å². The number of nitrogens with one attached hydrogen (secondary N) is 3. The molecule has 3 N–H and O–H groups in total. The first-order valence-corrected chi connectivity index (χ1v) is 7.07. The molecule has 2 aromatic carbocycles. The quantitative estimate of drug-likeness (QED) is 0.500. The van der Waals surface area contributed by atoms with Crippen LogP contribution in [0.1, 0.15) is 5.56 Å². The van der Waals surface area contributed by atoms with Crippen LogP contribution in [0, 0.1) is 6.92 Å². The predicted molar refractivity (Wildman–Crippen MR) is 87.4 cm³/mol. The van der Waals surface area contributed by atoms with Crippen molar-refractivity contribution in [2.75, 3.05) is 5.32 Å². The molecule has 0 atom stereocenters. The van der Waals surface area contributed by atoms with Gasteiger partial charge in [0.15, 0.2) is 0 Å². The van der Waals surface area contributed by atoms with Crippen molar-refractivity contribution >= 4 is 45.2 Å². The summed E-state index contributed by atoms with van der Waals surface area (Å²) in [5.41, 5.74) is 5.05. The second kappa shape index (κ2) is 4.53. The third-order valence-electron chi connectivity index (χ3n) is 3.52. The van der Waals surface area contributed by atoms with Crippen molar-refractivity contribution in [1.82, 2.24) is 15.0 Å². The van der Waals surface area contributed by atoms with Gasteiger partial charge in [-0.1, -0.05) is 17.7 Å². The van der Waals surface area contributed by atoms with E-state index in [-0.39, 0.29) is 0 Å². The molecular formula is C16H13ClN4. The fourth-order valence-corrected chi connectivity index (χ4v) is 2.80. The van der Waals surface area contributed by atoms with E-state index < -0.39 is 0 Å². The lowest BCUT2D eigenvalue weighted by molar-refractivity contribution is 1.31. The van der Waals surface area contributed by atoms with E-state index in [2.05, 4.69) is 39.3 Å². The summed E-state index contributed by atoms with van der Waals surface area (Å²) in [6, 6.07) is 12.0. The van der Waals surface area contributed by atoms with Gasteiger partial charge in [0.2, 0.25) is 5.95 Å². The Kier molecular flexibility index (Phi) is 2.65. The van der Waals surface area contributed by atoms with Gasteiger partial charge in [-0.15, -0.1) is 0 Å². The average Bonchev–Trinajstić information content (AvgIpc) is 3.04. The molecule has 104 valence electrons. The third-order valence-corrected chi connectivity index (χ3v) is 3.83. The minimum atomic E-state index is 0.706. The molecule has 0 aliphatic heterocycles. The highest BCUT2D eigenvalue weighted by atomic mass is 35.5. The van der Waals surface area contributed by atoms with Gasteiger partial charge in [0.05, 0.1) is 16.1 Å². The number of aromatic amines is 2. The van der Waals surface area contributed by atoms with Crippen LogP contribution in [0.15, 0.2) is 42.6 Å². The zero-order valence-electron chi connectivity index (χ0n) is 11.4. The third kappa shape index (κ3) is 2.14. The molecule has 0 unspecified atom stereocenters. The number of aromatic nitrogens is 3. The normalized spacial score (nSPS) is 11.3. The summed E-state index contributed by atoms with van der Waals surface area (Å²) in [7, 11) is 0. The zero-order chi connectivity index (χ0) is 14.4. The molecule has 0 saturated heterocycles. The summed E-state index contributed by atoms with van der Waals surface area (Å²) in [4.78, 5) is 11.0. The van der Waals surface area contributed by atoms with Gasteiger partial charge in [-0.2, -0.15) is 0 Å². The predicted octanol–water partition coefficient (Wildman–Crippen LogP) is 4.75. The lowest BCUT2D eigenvalue weighted by Gasteiger charge is -2.04. The lowest BCUT2D eigenvalue weighted by atomic mass is 10.2. The molecule has 0 fully saturated rings. The maximum atomic E-state index is 6.28. The number of hydrogen-bond donors (Lipinski definition) is 3. The van der Waals surface area contributed by atoms with Gasteiger partial charge in [-0.25, -0.2) is 4.98 Å². The minimum Gasteiger partial charge on any atom is -0.361 e. The number of benzene rings is 2. The van der Waals surface area contributed by atoms with Crippen LogP contribution in [0.4, 0.5) is 11.6 Å². The van der Waals surface area contributed by atoms with E-state index in [0.717, 1.165) is 27.6 Å². The molecule has 0 aliphatic rings. The van der Waals surface area contributed by atoms with Crippen molar-refractivity contribution in [2.45, 2.75) is 6.92 Å². The Labute approximate surface area is 126 Å². The Balaban J connectivity index is 1.75. The minimum absolute atomic E-state index is 0.706. The maximum absolute atomic E-state index is 6.28. The first-order valence-electron chi connectivity index (χ1n) is 6.69. The lowest BCUT2D eigenvalue weighted by Crippen LogP contribution is -1.92. The van der Waals surface area contributed by atoms with Gasteiger partial charge in [0, 0.05) is 22.8 Å². The fraction of sp³-hybridized carbons (Fsp3) is 0.0625. The molecule has 4 aromatic rings. The van der Waals surface area contributed by atoms with Crippen molar-refractivity contribution in [3.63, 3.8) is 0 Å². The zero-order valence-corrected chi connectivity index (χ0v) is 12.1. The van der Waals surface area contributed by atoms with Crippen molar-refractivity contribution in [3.8, 4) is 0 Å². The van der Waals surface area contributed by atoms with E-state index in [1.807, 2.05) is 30.5 Å². The molecule has 0 amide bonds. The molecule has 2 heterocycles. The van der Waals surface area contributed by atoms with Gasteiger partial charge in [0.25, 0.3) is 0 Å². The van der Waals surface area contributed by atoms with Crippen LogP contribution < -0.4 is 5.32 Å². The molecule has 4 rings (SSSR count). The highest BCUT2D eigenvalue weighted by Gasteiger charge is 2.06. The number of imidazole rings is 1. The number of nitrogens with zero attached hydrogens (tertiary/aromatic N) is 1. The number of H-pyrrole nitrogens is 2. The van der Waals surface area contributed by atoms with Gasteiger partial charge in [-0.05, 0) is 42.8 Å². The van der Waals surface area contributed by atoms with Crippen LogP contribution in [0.3, 0.4) is 0 Å². The van der Waals surface area contributed by atoms with Crippen LogP contribution in [-0.4, -0.2) is 15.0 Å². The molecule has 0 spiro atoms. The molecule has 5 heteroatoms. The molecule has 2 aromatic heterocycles. The van der Waals surface area contributed by atoms with Crippen LogP contribution in [-0.2, 0) is 0 Å². The number of anilines is 2. The van der Waals surface area contributed by atoms with E-state index in [4.69, 9.17) is 11.6 Å². The van der Waals surface area contributed by atoms with Crippen molar-refractivity contribution in [3.05, 3.63) is 53.2 Å². The van der Waals surface area contributed by atoms with E-state index in [1.54, 1.807) is 0 Å². The van der Waals surface area contributed by atoms with Crippen molar-refractivity contribution in [1.29, 1.82) is 0 Å².